The van der Waals surface area contributed by atoms with Crippen molar-refractivity contribution in [1.82, 2.24) is 25.1 Å². The fourth-order valence-electron chi connectivity index (χ4n) is 1.70. The fraction of sp³-hybridized carbons (Fsp3) is 0.385. The van der Waals surface area contributed by atoms with Crippen molar-refractivity contribution in [2.45, 2.75) is 24.3 Å². The molecular formula is C13H17N5OS. The molecule has 2 heterocycles. The third-order valence-corrected chi connectivity index (χ3v) is 3.91. The van der Waals surface area contributed by atoms with Gasteiger partial charge in [-0.3, -0.25) is 9.78 Å². The molecule has 7 heteroatoms. The van der Waals surface area contributed by atoms with E-state index in [-0.39, 0.29) is 11.2 Å². The van der Waals surface area contributed by atoms with Gasteiger partial charge in [-0.2, -0.15) is 0 Å². The standard InChI is InChI=1S/C13H17N5OS/c1-4-15-12(19)9(2)20-13-17-16-11(18(13)3)10-5-7-14-8-6-10/h5-9H,4H2,1-3H3,(H,15,19)/t9-/m0/s1. The van der Waals surface area contributed by atoms with Gasteiger partial charge in [0.2, 0.25) is 5.91 Å². The highest BCUT2D eigenvalue weighted by molar-refractivity contribution is 8.00. The monoisotopic (exact) mass is 291 g/mol. The third-order valence-electron chi connectivity index (χ3n) is 2.78. The van der Waals surface area contributed by atoms with Crippen LogP contribution in [0, 0.1) is 0 Å². The number of hydrogen-bond donors (Lipinski definition) is 1. The number of pyridine rings is 1. The van der Waals surface area contributed by atoms with Crippen LogP contribution in [0.5, 0.6) is 0 Å². The van der Waals surface area contributed by atoms with Gasteiger partial charge in [0, 0.05) is 31.5 Å². The Morgan fingerprint density at radius 3 is 2.75 bits per heavy atom. The number of hydrogen-bond acceptors (Lipinski definition) is 5. The zero-order chi connectivity index (χ0) is 14.5. The van der Waals surface area contributed by atoms with Gasteiger partial charge in [-0.25, -0.2) is 0 Å². The van der Waals surface area contributed by atoms with E-state index in [1.54, 1.807) is 12.4 Å². The van der Waals surface area contributed by atoms with Gasteiger partial charge in [0.15, 0.2) is 11.0 Å². The average molecular weight is 291 g/mol. The van der Waals surface area contributed by atoms with Crippen LogP contribution in [0.4, 0.5) is 0 Å². The van der Waals surface area contributed by atoms with Crippen LogP contribution < -0.4 is 5.32 Å². The van der Waals surface area contributed by atoms with Crippen molar-refractivity contribution < 1.29 is 4.79 Å². The van der Waals surface area contributed by atoms with Crippen LogP contribution in [0.3, 0.4) is 0 Å². The molecule has 0 aliphatic rings. The van der Waals surface area contributed by atoms with Crippen molar-refractivity contribution >= 4 is 17.7 Å². The number of rotatable bonds is 5. The Morgan fingerprint density at radius 1 is 1.40 bits per heavy atom. The summed E-state index contributed by atoms with van der Waals surface area (Å²) in [6.07, 6.45) is 3.43. The summed E-state index contributed by atoms with van der Waals surface area (Å²) in [6.45, 7) is 4.39. The quantitative estimate of drug-likeness (QED) is 0.845. The van der Waals surface area contributed by atoms with Gasteiger partial charge in [0.05, 0.1) is 5.25 Å². The van der Waals surface area contributed by atoms with Gasteiger partial charge < -0.3 is 9.88 Å². The highest BCUT2D eigenvalue weighted by Crippen LogP contribution is 2.25. The van der Waals surface area contributed by atoms with Crippen molar-refractivity contribution in [2.24, 2.45) is 7.05 Å². The zero-order valence-corrected chi connectivity index (χ0v) is 12.5. The Hall–Kier alpha value is -1.89. The lowest BCUT2D eigenvalue weighted by molar-refractivity contribution is -0.120. The maximum absolute atomic E-state index is 11.7. The molecular weight excluding hydrogens is 274 g/mol. The summed E-state index contributed by atoms with van der Waals surface area (Å²) in [5, 5.41) is 11.6. The van der Waals surface area contributed by atoms with Gasteiger partial charge in [0.1, 0.15) is 0 Å². The number of nitrogens with one attached hydrogen (secondary N) is 1. The lowest BCUT2D eigenvalue weighted by Gasteiger charge is -2.10. The Labute approximate surface area is 122 Å². The van der Waals surface area contributed by atoms with Gasteiger partial charge >= 0.3 is 0 Å². The Kier molecular flexibility index (Phi) is 4.73. The van der Waals surface area contributed by atoms with E-state index in [0.29, 0.717) is 6.54 Å². The fourth-order valence-corrected chi connectivity index (χ4v) is 2.54. The van der Waals surface area contributed by atoms with Crippen LogP contribution in [-0.4, -0.2) is 37.5 Å². The molecule has 1 amide bonds. The molecule has 106 valence electrons. The molecule has 0 fully saturated rings. The zero-order valence-electron chi connectivity index (χ0n) is 11.7. The molecule has 0 spiro atoms. The number of carbonyl (C=O) groups is 1. The Bertz CT molecular complexity index is 584. The first-order chi connectivity index (χ1) is 9.63. The number of amides is 1. The molecule has 20 heavy (non-hydrogen) atoms. The number of thioether (sulfide) groups is 1. The molecule has 0 saturated heterocycles. The summed E-state index contributed by atoms with van der Waals surface area (Å²) in [7, 11) is 1.89. The Morgan fingerprint density at radius 2 is 2.10 bits per heavy atom. The molecule has 0 aliphatic heterocycles. The van der Waals surface area contributed by atoms with E-state index in [1.807, 2.05) is 37.6 Å². The van der Waals surface area contributed by atoms with Gasteiger partial charge in [-0.15, -0.1) is 10.2 Å². The second-order valence-electron chi connectivity index (χ2n) is 4.26. The van der Waals surface area contributed by atoms with Crippen molar-refractivity contribution in [3.05, 3.63) is 24.5 Å². The lowest BCUT2D eigenvalue weighted by atomic mass is 10.2. The highest BCUT2D eigenvalue weighted by atomic mass is 32.2. The van der Waals surface area contributed by atoms with Crippen LogP contribution in [0.15, 0.2) is 29.7 Å². The van der Waals surface area contributed by atoms with E-state index in [9.17, 15) is 4.79 Å². The second kappa shape index (κ2) is 6.51. The normalized spacial score (nSPS) is 12.2. The SMILES string of the molecule is CCNC(=O)[C@H](C)Sc1nnc(-c2ccncc2)n1C. The first-order valence-corrected chi connectivity index (χ1v) is 7.25. The van der Waals surface area contributed by atoms with E-state index in [0.717, 1.165) is 16.5 Å². The molecule has 0 radical (unpaired) electrons. The smallest absolute Gasteiger partial charge is 0.233 e. The lowest BCUT2D eigenvalue weighted by Crippen LogP contribution is -2.30. The van der Waals surface area contributed by atoms with Crippen LogP contribution in [-0.2, 0) is 11.8 Å². The van der Waals surface area contributed by atoms with Crippen LogP contribution in [0.1, 0.15) is 13.8 Å². The molecule has 0 bridgehead atoms. The summed E-state index contributed by atoms with van der Waals surface area (Å²) < 4.78 is 1.88. The molecule has 0 saturated carbocycles. The minimum Gasteiger partial charge on any atom is -0.355 e. The molecule has 1 atom stereocenters. The number of nitrogens with zero attached hydrogens (tertiary/aromatic N) is 4. The first kappa shape index (κ1) is 14.5. The maximum Gasteiger partial charge on any atom is 0.233 e. The average Bonchev–Trinajstić information content (AvgIpc) is 2.81. The third kappa shape index (κ3) is 3.16. The minimum atomic E-state index is -0.205. The summed E-state index contributed by atoms with van der Waals surface area (Å²) >= 11 is 1.40. The van der Waals surface area contributed by atoms with E-state index in [4.69, 9.17) is 0 Å². The van der Waals surface area contributed by atoms with Gasteiger partial charge in [-0.05, 0) is 26.0 Å². The van der Waals surface area contributed by atoms with Crippen molar-refractivity contribution in [3.8, 4) is 11.4 Å². The van der Waals surface area contributed by atoms with Crippen molar-refractivity contribution in [1.29, 1.82) is 0 Å². The molecule has 2 aromatic heterocycles. The number of aromatic nitrogens is 4. The van der Waals surface area contributed by atoms with E-state index < -0.39 is 0 Å². The van der Waals surface area contributed by atoms with Crippen LogP contribution in [0.25, 0.3) is 11.4 Å². The molecule has 0 aliphatic carbocycles. The topological polar surface area (TPSA) is 72.7 Å². The van der Waals surface area contributed by atoms with Gasteiger partial charge in [-0.1, -0.05) is 11.8 Å². The first-order valence-electron chi connectivity index (χ1n) is 6.37. The molecule has 2 rings (SSSR count). The summed E-state index contributed by atoms with van der Waals surface area (Å²) in [5.74, 6) is 0.768. The van der Waals surface area contributed by atoms with Crippen molar-refractivity contribution in [3.63, 3.8) is 0 Å². The van der Waals surface area contributed by atoms with Crippen LogP contribution in [0.2, 0.25) is 0 Å². The maximum atomic E-state index is 11.7. The van der Waals surface area contributed by atoms with E-state index in [1.165, 1.54) is 11.8 Å². The van der Waals surface area contributed by atoms with Crippen molar-refractivity contribution in [2.75, 3.05) is 6.54 Å². The van der Waals surface area contributed by atoms with E-state index in [2.05, 4.69) is 20.5 Å². The summed E-state index contributed by atoms with van der Waals surface area (Å²) in [4.78, 5) is 15.7. The second-order valence-corrected chi connectivity index (χ2v) is 5.56. The largest absolute Gasteiger partial charge is 0.355 e. The molecule has 1 N–H and O–H groups in total. The summed E-state index contributed by atoms with van der Waals surface area (Å²) in [5.41, 5.74) is 0.951. The molecule has 0 unspecified atom stereocenters. The molecule has 6 nitrogen and oxygen atoms in total. The van der Waals surface area contributed by atoms with E-state index >= 15 is 0 Å². The highest BCUT2D eigenvalue weighted by Gasteiger charge is 2.18. The molecule has 2 aromatic rings. The van der Waals surface area contributed by atoms with Crippen LogP contribution >= 0.6 is 11.8 Å². The summed E-state index contributed by atoms with van der Waals surface area (Å²) in [6, 6.07) is 3.76. The predicted octanol–water partition coefficient (Wildman–Crippen LogP) is 1.49. The minimum absolute atomic E-state index is 0.00552. The predicted molar refractivity (Wildman–Crippen MR) is 78.2 cm³/mol. The van der Waals surface area contributed by atoms with Gasteiger partial charge in [0.25, 0.3) is 0 Å². The Balaban J connectivity index is 2.16. The molecule has 0 aromatic carbocycles. The number of carbonyl (C=O) groups excluding carboxylic acids is 1.